The van der Waals surface area contributed by atoms with E-state index in [4.69, 9.17) is 4.74 Å². The van der Waals surface area contributed by atoms with E-state index < -0.39 is 29.1 Å². The van der Waals surface area contributed by atoms with Gasteiger partial charge in [-0.25, -0.2) is 0 Å². The van der Waals surface area contributed by atoms with Crippen molar-refractivity contribution >= 4 is 23.4 Å². The van der Waals surface area contributed by atoms with Crippen molar-refractivity contribution in [2.24, 2.45) is 11.8 Å². The molecule has 3 fully saturated rings. The number of hydrogen-bond donors (Lipinski definition) is 1. The van der Waals surface area contributed by atoms with Crippen LogP contribution in [0.15, 0.2) is 55.6 Å². The van der Waals surface area contributed by atoms with Gasteiger partial charge in [-0.1, -0.05) is 56.5 Å². The molecule has 3 saturated heterocycles. The Labute approximate surface area is 245 Å². The van der Waals surface area contributed by atoms with E-state index in [1.807, 2.05) is 37.3 Å². The highest BCUT2D eigenvalue weighted by atomic mass is 16.5. The van der Waals surface area contributed by atoms with Crippen molar-refractivity contribution in [1.82, 2.24) is 9.80 Å². The molecule has 3 aliphatic rings. The van der Waals surface area contributed by atoms with Crippen molar-refractivity contribution in [1.29, 1.82) is 0 Å². The van der Waals surface area contributed by atoms with Gasteiger partial charge in [0, 0.05) is 38.5 Å². The van der Waals surface area contributed by atoms with E-state index in [9.17, 15) is 19.5 Å². The zero-order valence-corrected chi connectivity index (χ0v) is 24.8. The van der Waals surface area contributed by atoms with Gasteiger partial charge in [0.2, 0.25) is 17.7 Å². The molecule has 224 valence electrons. The van der Waals surface area contributed by atoms with Crippen LogP contribution in [0.25, 0.3) is 0 Å². The van der Waals surface area contributed by atoms with Crippen LogP contribution >= 0.6 is 0 Å². The highest BCUT2D eigenvalue weighted by molar-refractivity contribution is 6.03. The summed E-state index contributed by atoms with van der Waals surface area (Å²) in [6, 6.07) is 8.67. The van der Waals surface area contributed by atoms with Gasteiger partial charge >= 0.3 is 0 Å². The molecule has 0 aromatic heterocycles. The zero-order valence-electron chi connectivity index (χ0n) is 24.8. The van der Waals surface area contributed by atoms with E-state index in [1.54, 1.807) is 26.9 Å². The molecule has 0 radical (unpaired) electrons. The van der Waals surface area contributed by atoms with Gasteiger partial charge in [-0.05, 0) is 51.2 Å². The minimum Gasteiger partial charge on any atom is -0.396 e. The molecule has 1 spiro atoms. The maximum absolute atomic E-state index is 14.4. The lowest BCUT2D eigenvalue weighted by atomic mass is 9.66. The topological polar surface area (TPSA) is 90.4 Å². The highest BCUT2D eigenvalue weighted by Gasteiger charge is 2.78. The number of ether oxygens (including phenoxy) is 1. The second-order valence-electron chi connectivity index (χ2n) is 11.9. The zero-order chi connectivity index (χ0) is 29.6. The highest BCUT2D eigenvalue weighted by Crippen LogP contribution is 2.63. The summed E-state index contributed by atoms with van der Waals surface area (Å²) >= 11 is 0. The average Bonchev–Trinajstić information content (AvgIpc) is 3.54. The third kappa shape index (κ3) is 5.73. The summed E-state index contributed by atoms with van der Waals surface area (Å²) in [6.07, 6.45) is 9.51. The number of amides is 3. The summed E-state index contributed by atoms with van der Waals surface area (Å²) in [7, 11) is 0. The first-order chi connectivity index (χ1) is 19.8. The van der Waals surface area contributed by atoms with Crippen LogP contribution in [0.1, 0.15) is 65.2 Å². The fourth-order valence-electron chi connectivity index (χ4n) is 7.27. The number of anilines is 1. The molecular formula is C33H47N3O5. The number of likely N-dealkylation sites (tertiary alicyclic amines) is 1. The van der Waals surface area contributed by atoms with E-state index >= 15 is 0 Å². The second kappa shape index (κ2) is 13.3. The van der Waals surface area contributed by atoms with E-state index in [1.165, 1.54) is 0 Å². The molecule has 8 nitrogen and oxygen atoms in total. The predicted molar refractivity (Wildman–Crippen MR) is 160 cm³/mol. The van der Waals surface area contributed by atoms with Crippen LogP contribution in [-0.2, 0) is 19.1 Å². The van der Waals surface area contributed by atoms with Gasteiger partial charge < -0.3 is 24.5 Å². The van der Waals surface area contributed by atoms with Gasteiger partial charge in [0.25, 0.3) is 0 Å². The summed E-state index contributed by atoms with van der Waals surface area (Å²) in [5, 5.41) is 9.19. The molecule has 0 aliphatic carbocycles. The van der Waals surface area contributed by atoms with Gasteiger partial charge in [0.05, 0.1) is 17.4 Å². The molecule has 4 rings (SSSR count). The van der Waals surface area contributed by atoms with Crippen molar-refractivity contribution in [2.45, 2.75) is 82.5 Å². The lowest BCUT2D eigenvalue weighted by Gasteiger charge is -2.37. The first-order valence-corrected chi connectivity index (χ1v) is 15.3. The molecule has 1 N–H and O–H groups in total. The number of rotatable bonds is 16. The summed E-state index contributed by atoms with van der Waals surface area (Å²) in [5.41, 5.74) is -1.14. The van der Waals surface area contributed by atoms with E-state index in [2.05, 4.69) is 20.1 Å². The number of benzene rings is 1. The van der Waals surface area contributed by atoms with Gasteiger partial charge in [0.15, 0.2) is 0 Å². The number of aliphatic hydroxyl groups excluding tert-OH is 1. The van der Waals surface area contributed by atoms with Crippen molar-refractivity contribution in [3.63, 3.8) is 0 Å². The van der Waals surface area contributed by atoms with Gasteiger partial charge in [-0.2, -0.15) is 0 Å². The molecule has 0 saturated carbocycles. The smallest absolute Gasteiger partial charge is 0.248 e. The maximum Gasteiger partial charge on any atom is 0.248 e. The number of aliphatic hydroxyl groups is 1. The van der Waals surface area contributed by atoms with Crippen LogP contribution in [0.2, 0.25) is 0 Å². The summed E-state index contributed by atoms with van der Waals surface area (Å²) < 4.78 is 6.84. The normalized spacial score (nSPS) is 28.0. The number of carbonyl (C=O) groups excluding carboxylic acids is 3. The van der Waals surface area contributed by atoms with E-state index in [-0.39, 0.29) is 24.3 Å². The van der Waals surface area contributed by atoms with Crippen molar-refractivity contribution in [2.75, 3.05) is 37.7 Å². The molecule has 1 aromatic rings. The Hall–Kier alpha value is -2.97. The van der Waals surface area contributed by atoms with Gasteiger partial charge in [-0.3, -0.25) is 14.4 Å². The average molecular weight is 566 g/mol. The maximum atomic E-state index is 14.4. The first kappa shape index (κ1) is 31.0. The Balaban J connectivity index is 1.72. The Morgan fingerprint density at radius 3 is 2.41 bits per heavy atom. The minimum absolute atomic E-state index is 0.118. The molecule has 3 heterocycles. The largest absolute Gasteiger partial charge is 0.396 e. The number of unbranched alkanes of at least 4 members (excludes halogenated alkanes) is 4. The molecule has 3 aliphatic heterocycles. The van der Waals surface area contributed by atoms with Crippen LogP contribution in [0.5, 0.6) is 0 Å². The minimum atomic E-state index is -1.05. The van der Waals surface area contributed by atoms with Crippen LogP contribution in [0.3, 0.4) is 0 Å². The lowest BCUT2D eigenvalue weighted by Crippen LogP contribution is -2.56. The van der Waals surface area contributed by atoms with E-state index in [0.717, 1.165) is 37.8 Å². The summed E-state index contributed by atoms with van der Waals surface area (Å²) in [6.45, 7) is 13.6. The van der Waals surface area contributed by atoms with Crippen LogP contribution in [-0.4, -0.2) is 82.7 Å². The third-order valence-corrected chi connectivity index (χ3v) is 9.17. The predicted octanol–water partition coefficient (Wildman–Crippen LogP) is 4.34. The summed E-state index contributed by atoms with van der Waals surface area (Å²) in [5.74, 6) is -1.88. The Kier molecular flexibility index (Phi) is 10.1. The Morgan fingerprint density at radius 2 is 1.76 bits per heavy atom. The summed E-state index contributed by atoms with van der Waals surface area (Å²) in [4.78, 5) is 48.4. The fourth-order valence-corrected chi connectivity index (χ4v) is 7.27. The molecule has 5 atom stereocenters. The van der Waals surface area contributed by atoms with Crippen LogP contribution in [0, 0.1) is 11.8 Å². The van der Waals surface area contributed by atoms with Gasteiger partial charge in [0.1, 0.15) is 11.6 Å². The van der Waals surface area contributed by atoms with Crippen molar-refractivity contribution in [3.8, 4) is 0 Å². The molecule has 2 bridgehead atoms. The lowest BCUT2D eigenvalue weighted by molar-refractivity contribution is -0.151. The molecule has 8 heteroatoms. The first-order valence-electron chi connectivity index (χ1n) is 15.3. The number of carbonyl (C=O) groups is 3. The third-order valence-electron chi connectivity index (χ3n) is 9.17. The molecule has 3 amide bonds. The molecule has 41 heavy (non-hydrogen) atoms. The number of hydrogen-bond acceptors (Lipinski definition) is 5. The molecule has 2 unspecified atom stereocenters. The monoisotopic (exact) mass is 565 g/mol. The Morgan fingerprint density at radius 1 is 1.05 bits per heavy atom. The van der Waals surface area contributed by atoms with Crippen LogP contribution in [0.4, 0.5) is 5.69 Å². The van der Waals surface area contributed by atoms with Crippen LogP contribution < -0.4 is 4.90 Å². The number of para-hydroxylation sites is 1. The van der Waals surface area contributed by atoms with Crippen molar-refractivity contribution in [3.05, 3.63) is 55.6 Å². The SMILES string of the molecule is C=CCN(CCCC)C(=O)C1N(CCCCCCO)C(=O)[C@@H]2[C@@H](C(=O)N(CC=C)c3ccccc3)[C@@]3(C)CCC12O3. The molecule has 1 aromatic carbocycles. The number of fused-ring (bicyclic) bond motifs is 1. The molecular weight excluding hydrogens is 518 g/mol. The van der Waals surface area contributed by atoms with Gasteiger partial charge in [-0.15, -0.1) is 13.2 Å². The van der Waals surface area contributed by atoms with Crippen molar-refractivity contribution < 1.29 is 24.2 Å². The standard InChI is InChI=1S/C33H47N3O5/c1-5-8-22-34(20-6-2)31(40)28-33-19-18-32(4,41-33)26(27(33)30(39)36(28)23-14-9-10-15-24-37)29(38)35(21-7-3)25-16-12-11-13-17-25/h6-7,11-13,16-17,26-28,37H,2-3,5,8-10,14-15,18-24H2,1,4H3/t26-,27-,28?,32+,33?/m0/s1. The second-order valence-corrected chi connectivity index (χ2v) is 11.9. The Bertz CT molecular complexity index is 1110. The van der Waals surface area contributed by atoms with E-state index in [0.29, 0.717) is 45.4 Å². The fraction of sp³-hybridized carbons (Fsp3) is 0.606. The number of nitrogens with zero attached hydrogens (tertiary/aromatic N) is 3. The quantitative estimate of drug-likeness (QED) is 0.238.